The van der Waals surface area contributed by atoms with Gasteiger partial charge in [-0.15, -0.1) is 0 Å². The molecule has 116 valence electrons. The third kappa shape index (κ3) is 11.0. The molecule has 0 bridgehead atoms. The molecule has 3 nitrogen and oxygen atoms in total. The molecule has 0 heterocycles. The van der Waals surface area contributed by atoms with Crippen LogP contribution < -0.4 is 4.72 Å². The van der Waals surface area contributed by atoms with Crippen LogP contribution in [0.2, 0.25) is 0 Å². The fraction of sp³-hybridized carbons (Fsp3) is 0.733. The zero-order chi connectivity index (χ0) is 16.3. The Bertz CT molecular complexity index is 360. The van der Waals surface area contributed by atoms with Crippen LogP contribution >= 0.6 is 0 Å². The molecular weight excluding hydrogens is 258 g/mol. The van der Waals surface area contributed by atoms with Crippen molar-refractivity contribution < 1.29 is 8.42 Å². The highest BCUT2D eigenvalue weighted by Gasteiger charge is 2.24. The van der Waals surface area contributed by atoms with Crippen molar-refractivity contribution in [3.05, 3.63) is 23.1 Å². The molecule has 0 spiro atoms. The van der Waals surface area contributed by atoms with E-state index in [1.165, 1.54) is 0 Å². The van der Waals surface area contributed by atoms with Crippen LogP contribution in [0.1, 0.15) is 68.7 Å². The highest BCUT2D eigenvalue weighted by Crippen LogP contribution is 2.19. The first-order valence-corrected chi connectivity index (χ1v) is 8.50. The highest BCUT2D eigenvalue weighted by atomic mass is 32.2. The number of hydrogen-bond donors (Lipinski definition) is 1. The Morgan fingerprint density at radius 1 is 1.16 bits per heavy atom. The molecule has 0 aromatic heterocycles. The molecule has 0 radical (unpaired) electrons. The summed E-state index contributed by atoms with van der Waals surface area (Å²) >= 11 is 0. The van der Waals surface area contributed by atoms with Crippen molar-refractivity contribution in [3.63, 3.8) is 0 Å². The molecule has 0 atom stereocenters. The summed E-state index contributed by atoms with van der Waals surface area (Å²) in [6, 6.07) is 0. The van der Waals surface area contributed by atoms with Gasteiger partial charge in [0.25, 0.3) is 0 Å². The predicted octanol–water partition coefficient (Wildman–Crippen LogP) is 4.63. The first-order valence-electron chi connectivity index (χ1n) is 7.02. The van der Waals surface area contributed by atoms with E-state index in [-0.39, 0.29) is 0 Å². The van der Waals surface area contributed by atoms with Gasteiger partial charge in [-0.1, -0.05) is 47.3 Å². The lowest BCUT2D eigenvalue weighted by Crippen LogP contribution is -2.41. The molecule has 0 fully saturated rings. The molecule has 0 amide bonds. The number of nitrogens with one attached hydrogen (secondary N) is 1. The molecule has 0 aliphatic heterocycles. The maximum atomic E-state index is 11.9. The Kier molecular flexibility index (Phi) is 13.9. The van der Waals surface area contributed by atoms with Gasteiger partial charge in [0.05, 0.1) is 4.91 Å². The predicted molar refractivity (Wildman–Crippen MR) is 87.7 cm³/mol. The van der Waals surface area contributed by atoms with Crippen molar-refractivity contribution in [2.75, 3.05) is 0 Å². The number of sulfonamides is 1. The third-order valence-electron chi connectivity index (χ3n) is 1.77. The van der Waals surface area contributed by atoms with E-state index in [9.17, 15) is 8.42 Å². The van der Waals surface area contributed by atoms with Gasteiger partial charge in [-0.25, -0.2) is 13.1 Å². The molecule has 1 N–H and O–H groups in total. The molecule has 19 heavy (non-hydrogen) atoms. The minimum absolute atomic E-state index is 0.292. The Balaban J connectivity index is -0.000000579. The molecule has 0 rings (SSSR count). The minimum Gasteiger partial charge on any atom is -0.207 e. The second-order valence-corrected chi connectivity index (χ2v) is 6.12. The largest absolute Gasteiger partial charge is 0.240 e. The molecule has 0 aliphatic carbocycles. The van der Waals surface area contributed by atoms with Crippen LogP contribution in [0.25, 0.3) is 0 Å². The van der Waals surface area contributed by atoms with E-state index in [1.807, 2.05) is 55.4 Å². The van der Waals surface area contributed by atoms with Crippen LogP contribution in [-0.4, -0.2) is 14.0 Å². The van der Waals surface area contributed by atoms with Crippen LogP contribution in [0.3, 0.4) is 0 Å². The average Bonchev–Trinajstić information content (AvgIpc) is 2.31. The van der Waals surface area contributed by atoms with Crippen molar-refractivity contribution in [1.29, 1.82) is 0 Å². The number of allylic oxidation sites excluding steroid dienone is 2. The molecule has 0 aliphatic rings. The molecule has 4 heteroatoms. The maximum Gasteiger partial charge on any atom is 0.240 e. The van der Waals surface area contributed by atoms with Gasteiger partial charge in [0.1, 0.15) is 0 Å². The van der Waals surface area contributed by atoms with Crippen LogP contribution in [0, 0.1) is 0 Å². The van der Waals surface area contributed by atoms with Crippen molar-refractivity contribution >= 4 is 10.0 Å². The topological polar surface area (TPSA) is 46.2 Å². The summed E-state index contributed by atoms with van der Waals surface area (Å²) in [5.41, 5.74) is 0.162. The Hall–Kier alpha value is -0.610. The van der Waals surface area contributed by atoms with Gasteiger partial charge in [0.2, 0.25) is 10.0 Å². The Morgan fingerprint density at radius 3 is 1.74 bits per heavy atom. The maximum absolute atomic E-state index is 11.9. The fourth-order valence-electron chi connectivity index (χ4n) is 1.18. The van der Waals surface area contributed by atoms with E-state index in [0.717, 1.165) is 0 Å². The monoisotopic (exact) mass is 291 g/mol. The lowest BCUT2D eigenvalue weighted by atomic mass is 10.1. The van der Waals surface area contributed by atoms with Gasteiger partial charge in [-0.05, 0) is 39.7 Å². The van der Waals surface area contributed by atoms with Crippen molar-refractivity contribution in [2.45, 2.75) is 74.3 Å². The zero-order valence-corrected chi connectivity index (χ0v) is 15.0. The third-order valence-corrected chi connectivity index (χ3v) is 3.75. The summed E-state index contributed by atoms with van der Waals surface area (Å²) in [6.45, 7) is 20.8. The van der Waals surface area contributed by atoms with Crippen molar-refractivity contribution in [1.82, 2.24) is 4.72 Å². The molecule has 0 unspecified atom stereocenters. The van der Waals surface area contributed by atoms with E-state index in [4.69, 9.17) is 0 Å². The molecule has 0 aromatic carbocycles. The summed E-state index contributed by atoms with van der Waals surface area (Å²) in [4.78, 5) is 0.292. The zero-order valence-electron chi connectivity index (χ0n) is 14.2. The van der Waals surface area contributed by atoms with Crippen LogP contribution in [-0.2, 0) is 10.0 Å². The van der Waals surface area contributed by atoms with Gasteiger partial charge in [-0.2, -0.15) is 0 Å². The summed E-state index contributed by atoms with van der Waals surface area (Å²) in [7, 11) is -3.43. The van der Waals surface area contributed by atoms with Gasteiger partial charge in [-0.3, -0.25) is 0 Å². The molecular formula is C15H33NO2S. The standard InChI is InChI=1S/C11H21NO2S.2C2H6/c1-7-9(3)10(8-2)15(13,14)12-11(4,5)6;2*1-2/h8,12H,3,7H2,1-2,4-6H3;2*1-2H3/b10-8+;;. The molecule has 0 saturated carbocycles. The lowest BCUT2D eigenvalue weighted by Gasteiger charge is -2.22. The van der Waals surface area contributed by atoms with Gasteiger partial charge in [0, 0.05) is 5.54 Å². The van der Waals surface area contributed by atoms with Crippen LogP contribution in [0.5, 0.6) is 0 Å². The van der Waals surface area contributed by atoms with E-state index < -0.39 is 15.6 Å². The first kappa shape index (κ1) is 23.5. The second-order valence-electron chi connectivity index (χ2n) is 4.47. The minimum atomic E-state index is -3.43. The van der Waals surface area contributed by atoms with Gasteiger partial charge >= 0.3 is 0 Å². The summed E-state index contributed by atoms with van der Waals surface area (Å²) < 4.78 is 26.5. The lowest BCUT2D eigenvalue weighted by molar-refractivity contribution is 0.495. The highest BCUT2D eigenvalue weighted by molar-refractivity contribution is 7.93. The molecule has 0 aromatic rings. The second kappa shape index (κ2) is 11.2. The van der Waals surface area contributed by atoms with Crippen molar-refractivity contribution in [2.24, 2.45) is 0 Å². The van der Waals surface area contributed by atoms with E-state index in [2.05, 4.69) is 11.3 Å². The summed E-state index contributed by atoms with van der Waals surface area (Å²) in [5.74, 6) is 0. The molecule has 0 saturated heterocycles. The van der Waals surface area contributed by atoms with Gasteiger partial charge < -0.3 is 0 Å². The number of rotatable bonds is 4. The van der Waals surface area contributed by atoms with Crippen LogP contribution in [0.4, 0.5) is 0 Å². The smallest absolute Gasteiger partial charge is 0.207 e. The van der Waals surface area contributed by atoms with Crippen molar-refractivity contribution in [3.8, 4) is 0 Å². The van der Waals surface area contributed by atoms with Gasteiger partial charge in [0.15, 0.2) is 0 Å². The first-order chi connectivity index (χ1) is 8.64. The Morgan fingerprint density at radius 2 is 1.53 bits per heavy atom. The quantitative estimate of drug-likeness (QED) is 0.768. The fourth-order valence-corrected chi connectivity index (χ4v) is 2.93. The SMILES string of the molecule is C=C(CC)/C(=C\C)S(=O)(=O)NC(C)(C)C.CC.CC. The van der Waals surface area contributed by atoms with E-state index in [0.29, 0.717) is 16.9 Å². The average molecular weight is 292 g/mol. The summed E-state index contributed by atoms with van der Waals surface area (Å²) in [5, 5.41) is 0. The normalized spacial score (nSPS) is 11.7. The number of hydrogen-bond acceptors (Lipinski definition) is 2. The summed E-state index contributed by atoms with van der Waals surface area (Å²) in [6.07, 6.45) is 2.21. The Labute approximate surface area is 121 Å². The van der Waals surface area contributed by atoms with E-state index >= 15 is 0 Å². The van der Waals surface area contributed by atoms with Crippen LogP contribution in [0.15, 0.2) is 23.1 Å². The van der Waals surface area contributed by atoms with E-state index in [1.54, 1.807) is 13.0 Å².